The summed E-state index contributed by atoms with van der Waals surface area (Å²) >= 11 is 0. The summed E-state index contributed by atoms with van der Waals surface area (Å²) in [7, 11) is 2.04. The van der Waals surface area contributed by atoms with E-state index in [4.69, 9.17) is 4.74 Å². The lowest BCUT2D eigenvalue weighted by molar-refractivity contribution is -0.652. The van der Waals surface area contributed by atoms with Crippen molar-refractivity contribution in [3.8, 4) is 5.75 Å². The van der Waals surface area contributed by atoms with Gasteiger partial charge in [0.2, 0.25) is 0 Å². The van der Waals surface area contributed by atoms with Crippen LogP contribution in [0.25, 0.3) is 11.0 Å². The van der Waals surface area contributed by atoms with Gasteiger partial charge in [-0.05, 0) is 24.3 Å². The van der Waals surface area contributed by atoms with E-state index in [-0.39, 0.29) is 6.61 Å². The van der Waals surface area contributed by atoms with E-state index in [1.54, 1.807) is 0 Å². The summed E-state index contributed by atoms with van der Waals surface area (Å²) < 4.78 is 9.90. The number of fused-ring (bicyclic) bond motifs is 1. The normalized spacial score (nSPS) is 12.5. The molecule has 4 nitrogen and oxygen atoms in total. The van der Waals surface area contributed by atoms with E-state index in [1.165, 1.54) is 0 Å². The highest BCUT2D eigenvalue weighted by atomic mass is 16.5. The third kappa shape index (κ3) is 2.83. The maximum atomic E-state index is 10.3. The highest BCUT2D eigenvalue weighted by molar-refractivity contribution is 5.72. The van der Waals surface area contributed by atoms with Crippen LogP contribution in [0.1, 0.15) is 5.82 Å². The van der Waals surface area contributed by atoms with E-state index in [0.717, 1.165) is 22.6 Å². The number of hydrogen-bond donors (Lipinski definition) is 1. The first-order chi connectivity index (χ1) is 10.7. The number of benzene rings is 2. The molecular weight excluding hydrogens is 276 g/mol. The Morgan fingerprint density at radius 1 is 1.09 bits per heavy atom. The second kappa shape index (κ2) is 6.20. The number of rotatable bonds is 5. The van der Waals surface area contributed by atoms with Crippen LogP contribution in [0.5, 0.6) is 5.75 Å². The summed E-state index contributed by atoms with van der Waals surface area (Å²) in [4.78, 5) is 0. The number of imidazole rings is 1. The Morgan fingerprint density at radius 3 is 2.55 bits per heavy atom. The van der Waals surface area contributed by atoms with Crippen LogP contribution in [0.3, 0.4) is 0 Å². The molecule has 1 unspecified atom stereocenters. The van der Waals surface area contributed by atoms with E-state index in [1.807, 2.05) is 49.5 Å². The summed E-state index contributed by atoms with van der Waals surface area (Å²) in [6, 6.07) is 17.8. The number of hydrogen-bond acceptors (Lipinski definition) is 2. The molecule has 4 heteroatoms. The van der Waals surface area contributed by atoms with Gasteiger partial charge in [-0.1, -0.05) is 30.3 Å². The maximum absolute atomic E-state index is 10.3. The number of aromatic nitrogens is 2. The van der Waals surface area contributed by atoms with Gasteiger partial charge in [0, 0.05) is 6.92 Å². The lowest BCUT2D eigenvalue weighted by Gasteiger charge is -2.11. The van der Waals surface area contributed by atoms with Crippen molar-refractivity contribution in [2.75, 3.05) is 6.61 Å². The van der Waals surface area contributed by atoms with Crippen LogP contribution in [-0.2, 0) is 13.6 Å². The van der Waals surface area contributed by atoms with Crippen LogP contribution in [0.15, 0.2) is 54.6 Å². The van der Waals surface area contributed by atoms with Gasteiger partial charge in [-0.15, -0.1) is 0 Å². The lowest BCUT2D eigenvalue weighted by atomic mass is 10.3. The average Bonchev–Trinajstić information content (AvgIpc) is 2.79. The van der Waals surface area contributed by atoms with E-state index in [2.05, 4.69) is 28.2 Å². The molecule has 114 valence electrons. The molecule has 1 heterocycles. The number of ether oxygens (including phenoxy) is 1. The predicted molar refractivity (Wildman–Crippen MR) is 85.8 cm³/mol. The highest BCUT2D eigenvalue weighted by Gasteiger charge is 2.21. The van der Waals surface area contributed by atoms with Crippen molar-refractivity contribution >= 4 is 11.0 Å². The molecule has 0 amide bonds. The van der Waals surface area contributed by atoms with Crippen LogP contribution in [-0.4, -0.2) is 22.4 Å². The first-order valence-corrected chi connectivity index (χ1v) is 7.46. The molecule has 22 heavy (non-hydrogen) atoms. The van der Waals surface area contributed by atoms with E-state index in [0.29, 0.717) is 6.54 Å². The van der Waals surface area contributed by atoms with Gasteiger partial charge in [0.25, 0.3) is 5.82 Å². The molecule has 0 aliphatic rings. The van der Waals surface area contributed by atoms with Gasteiger partial charge in [0.05, 0.1) is 7.05 Å². The lowest BCUT2D eigenvalue weighted by Crippen LogP contribution is -2.32. The smallest absolute Gasteiger partial charge is 0.254 e. The molecule has 3 aromatic rings. The fourth-order valence-electron chi connectivity index (χ4n) is 2.71. The molecule has 1 atom stereocenters. The van der Waals surface area contributed by atoms with Crippen molar-refractivity contribution in [1.29, 1.82) is 0 Å². The Labute approximate surface area is 130 Å². The number of aryl methyl sites for hydroxylation is 1. The van der Waals surface area contributed by atoms with Crippen LogP contribution < -0.4 is 9.30 Å². The Kier molecular flexibility index (Phi) is 4.11. The van der Waals surface area contributed by atoms with Crippen LogP contribution in [0.4, 0.5) is 0 Å². The van der Waals surface area contributed by atoms with Gasteiger partial charge >= 0.3 is 0 Å². The Balaban J connectivity index is 1.74. The molecular formula is C18H21N2O2+. The molecule has 0 aliphatic carbocycles. The zero-order valence-corrected chi connectivity index (χ0v) is 12.9. The Hall–Kier alpha value is -2.33. The van der Waals surface area contributed by atoms with Crippen LogP contribution in [0.2, 0.25) is 0 Å². The van der Waals surface area contributed by atoms with Crippen molar-refractivity contribution in [2.45, 2.75) is 19.6 Å². The molecule has 0 saturated heterocycles. The molecule has 0 spiro atoms. The molecule has 0 bridgehead atoms. The Bertz CT molecular complexity index is 765. The minimum absolute atomic E-state index is 0.277. The van der Waals surface area contributed by atoms with Gasteiger partial charge in [-0.2, -0.15) is 0 Å². The maximum Gasteiger partial charge on any atom is 0.254 e. The summed E-state index contributed by atoms with van der Waals surface area (Å²) in [5, 5.41) is 10.3. The van der Waals surface area contributed by atoms with Crippen molar-refractivity contribution in [2.24, 2.45) is 7.05 Å². The fraction of sp³-hybridized carbons (Fsp3) is 0.278. The number of aliphatic hydroxyl groups excluding tert-OH is 1. The van der Waals surface area contributed by atoms with E-state index >= 15 is 0 Å². The first-order valence-electron chi connectivity index (χ1n) is 7.46. The molecule has 2 aromatic carbocycles. The Morgan fingerprint density at radius 2 is 1.77 bits per heavy atom. The monoisotopic (exact) mass is 297 g/mol. The van der Waals surface area contributed by atoms with Gasteiger partial charge in [0.15, 0.2) is 11.0 Å². The van der Waals surface area contributed by atoms with Crippen molar-refractivity contribution in [3.63, 3.8) is 0 Å². The summed E-state index contributed by atoms with van der Waals surface area (Å²) in [5.74, 6) is 1.89. The topological polar surface area (TPSA) is 38.3 Å². The van der Waals surface area contributed by atoms with Crippen molar-refractivity contribution in [1.82, 2.24) is 4.57 Å². The van der Waals surface area contributed by atoms with E-state index < -0.39 is 6.10 Å². The summed E-state index contributed by atoms with van der Waals surface area (Å²) in [5.41, 5.74) is 2.29. The SMILES string of the molecule is Cc1n(CC(O)COc2ccccc2)c2ccccc2[n+]1C. The van der Waals surface area contributed by atoms with Crippen molar-refractivity contribution in [3.05, 3.63) is 60.4 Å². The second-order valence-electron chi connectivity index (χ2n) is 5.48. The van der Waals surface area contributed by atoms with Crippen molar-refractivity contribution < 1.29 is 14.4 Å². The number of aliphatic hydroxyl groups is 1. The highest BCUT2D eigenvalue weighted by Crippen LogP contribution is 2.15. The molecule has 3 rings (SSSR count). The number of para-hydroxylation sites is 3. The third-order valence-corrected chi connectivity index (χ3v) is 3.99. The minimum atomic E-state index is -0.560. The third-order valence-electron chi connectivity index (χ3n) is 3.99. The average molecular weight is 297 g/mol. The molecule has 1 aromatic heterocycles. The summed E-state index contributed by atoms with van der Waals surface area (Å²) in [6.45, 7) is 2.85. The number of nitrogens with zero attached hydrogens (tertiary/aromatic N) is 2. The van der Waals surface area contributed by atoms with Gasteiger partial charge in [-0.3, -0.25) is 0 Å². The molecule has 0 aliphatic heterocycles. The summed E-state index contributed by atoms with van der Waals surface area (Å²) in [6.07, 6.45) is -0.560. The molecule has 1 N–H and O–H groups in total. The van der Waals surface area contributed by atoms with Crippen LogP contribution in [0, 0.1) is 6.92 Å². The quantitative estimate of drug-likeness (QED) is 0.733. The predicted octanol–water partition coefficient (Wildman–Crippen LogP) is 2.21. The van der Waals surface area contributed by atoms with Crippen LogP contribution >= 0.6 is 0 Å². The second-order valence-corrected chi connectivity index (χ2v) is 5.48. The fourth-order valence-corrected chi connectivity index (χ4v) is 2.71. The molecule has 0 saturated carbocycles. The van der Waals surface area contributed by atoms with Gasteiger partial charge in [0.1, 0.15) is 25.0 Å². The van der Waals surface area contributed by atoms with Gasteiger partial charge < -0.3 is 9.84 Å². The standard InChI is InChI=1S/C18H21N2O2/c1-14-19(2)17-10-6-7-11-18(17)20(14)12-15(21)13-22-16-8-4-3-5-9-16/h3-11,15,21H,12-13H2,1-2H3/q+1. The molecule has 0 radical (unpaired) electrons. The first kappa shape index (κ1) is 14.6. The minimum Gasteiger partial charge on any atom is -0.491 e. The van der Waals surface area contributed by atoms with E-state index in [9.17, 15) is 5.11 Å². The molecule has 0 fully saturated rings. The largest absolute Gasteiger partial charge is 0.491 e. The van der Waals surface area contributed by atoms with Gasteiger partial charge in [-0.25, -0.2) is 9.13 Å². The zero-order chi connectivity index (χ0) is 15.5. The zero-order valence-electron chi connectivity index (χ0n) is 12.9.